The molecule has 0 aromatic heterocycles. The fourth-order valence-electron chi connectivity index (χ4n) is 1.32. The summed E-state index contributed by atoms with van der Waals surface area (Å²) in [5.74, 6) is 0.189. The maximum absolute atomic E-state index is 13.0. The molecule has 0 amide bonds. The Balaban J connectivity index is 2.95. The van der Waals surface area contributed by atoms with E-state index < -0.39 is 0 Å². The monoisotopic (exact) mass is 208 g/mol. The van der Waals surface area contributed by atoms with Crippen LogP contribution in [0.1, 0.15) is 20.8 Å². The van der Waals surface area contributed by atoms with Crippen LogP contribution in [-0.4, -0.2) is 12.9 Å². The summed E-state index contributed by atoms with van der Waals surface area (Å²) in [6, 6.07) is 6.28. The summed E-state index contributed by atoms with van der Waals surface area (Å²) in [6.07, 6.45) is 0. The Hall–Kier alpha value is -1.38. The van der Waals surface area contributed by atoms with Gasteiger partial charge in [-0.1, -0.05) is 26.8 Å². The van der Waals surface area contributed by atoms with E-state index in [0.29, 0.717) is 11.5 Å². The van der Waals surface area contributed by atoms with Crippen LogP contribution in [0.3, 0.4) is 0 Å². The second-order valence-corrected chi connectivity index (χ2v) is 4.64. The van der Waals surface area contributed by atoms with E-state index in [9.17, 15) is 4.39 Å². The summed E-state index contributed by atoms with van der Waals surface area (Å²) in [7, 11) is 1.78. The minimum absolute atomic E-state index is 0.235. The Labute approximate surface area is 90.2 Å². The van der Waals surface area contributed by atoms with Gasteiger partial charge in [-0.3, -0.25) is 5.41 Å². The molecule has 0 saturated carbocycles. The Morgan fingerprint density at radius 3 is 2.40 bits per heavy atom. The lowest BCUT2D eigenvalue weighted by molar-refractivity contribution is 0.576. The van der Waals surface area contributed by atoms with Crippen molar-refractivity contribution in [1.82, 2.24) is 0 Å². The molecule has 0 bridgehead atoms. The van der Waals surface area contributed by atoms with E-state index in [0.717, 1.165) is 0 Å². The summed E-state index contributed by atoms with van der Waals surface area (Å²) in [6.45, 7) is 5.89. The van der Waals surface area contributed by atoms with Gasteiger partial charge in [-0.15, -0.1) is 0 Å². The Kier molecular flexibility index (Phi) is 3.12. The molecule has 0 aliphatic rings. The third kappa shape index (κ3) is 2.78. The van der Waals surface area contributed by atoms with Crippen LogP contribution < -0.4 is 4.90 Å². The normalized spacial score (nSPS) is 11.3. The first-order valence-corrected chi connectivity index (χ1v) is 4.90. The van der Waals surface area contributed by atoms with Crippen molar-refractivity contribution in [3.05, 3.63) is 30.1 Å². The lowest BCUT2D eigenvalue weighted by atomic mass is 9.94. The molecular weight excluding hydrogens is 191 g/mol. The molecule has 1 aromatic carbocycles. The summed E-state index contributed by atoms with van der Waals surface area (Å²) in [4.78, 5) is 1.70. The fraction of sp³-hybridized carbons (Fsp3) is 0.417. The number of benzene rings is 1. The summed E-state index contributed by atoms with van der Waals surface area (Å²) >= 11 is 0. The first-order chi connectivity index (χ1) is 6.82. The van der Waals surface area contributed by atoms with E-state index in [4.69, 9.17) is 5.41 Å². The first kappa shape index (κ1) is 11.7. The predicted octanol–water partition coefficient (Wildman–Crippen LogP) is 3.29. The average molecular weight is 208 g/mol. The highest BCUT2D eigenvalue weighted by Gasteiger charge is 2.21. The van der Waals surface area contributed by atoms with Gasteiger partial charge in [0.05, 0.1) is 0 Å². The molecule has 0 heterocycles. The van der Waals surface area contributed by atoms with E-state index in [1.54, 1.807) is 24.1 Å². The second kappa shape index (κ2) is 4.01. The lowest BCUT2D eigenvalue weighted by Crippen LogP contribution is -2.36. The number of nitrogens with zero attached hydrogens (tertiary/aromatic N) is 1. The van der Waals surface area contributed by atoms with E-state index >= 15 is 0 Å². The minimum Gasteiger partial charge on any atom is -0.333 e. The summed E-state index contributed by atoms with van der Waals surface area (Å²) in [5, 5.41) is 7.96. The highest BCUT2D eigenvalue weighted by atomic mass is 19.1. The molecule has 0 saturated heterocycles. The van der Waals surface area contributed by atoms with Crippen LogP contribution >= 0.6 is 0 Å². The molecule has 0 spiro atoms. The molecular formula is C12H17FN2. The molecule has 2 nitrogen and oxygen atoms in total. The van der Waals surface area contributed by atoms with Gasteiger partial charge in [0.1, 0.15) is 11.7 Å². The SMILES string of the molecule is CN(C(=N)C(C)(C)C)c1cccc(F)c1. The number of anilines is 1. The third-order valence-corrected chi connectivity index (χ3v) is 2.24. The second-order valence-electron chi connectivity index (χ2n) is 4.64. The molecule has 0 fully saturated rings. The quantitative estimate of drug-likeness (QED) is 0.556. The van der Waals surface area contributed by atoms with Crippen LogP contribution in [0.15, 0.2) is 24.3 Å². The molecule has 15 heavy (non-hydrogen) atoms. The van der Waals surface area contributed by atoms with Gasteiger partial charge in [0.15, 0.2) is 0 Å². The zero-order valence-electron chi connectivity index (χ0n) is 9.63. The minimum atomic E-state index is -0.277. The summed E-state index contributed by atoms with van der Waals surface area (Å²) < 4.78 is 13.0. The Morgan fingerprint density at radius 2 is 1.93 bits per heavy atom. The number of nitrogens with one attached hydrogen (secondary N) is 1. The van der Waals surface area contributed by atoms with Crippen molar-refractivity contribution in [3.63, 3.8) is 0 Å². The van der Waals surface area contributed by atoms with Crippen molar-refractivity contribution < 1.29 is 4.39 Å². The zero-order valence-corrected chi connectivity index (χ0v) is 9.63. The van der Waals surface area contributed by atoms with Crippen molar-refractivity contribution in [3.8, 4) is 0 Å². The molecule has 0 aliphatic heterocycles. The average Bonchev–Trinajstić information content (AvgIpc) is 2.14. The van der Waals surface area contributed by atoms with Gasteiger partial charge in [-0.25, -0.2) is 4.39 Å². The van der Waals surface area contributed by atoms with Crippen molar-refractivity contribution in [2.75, 3.05) is 11.9 Å². The van der Waals surface area contributed by atoms with Crippen LogP contribution in [0.5, 0.6) is 0 Å². The van der Waals surface area contributed by atoms with E-state index in [1.807, 2.05) is 20.8 Å². The molecule has 3 heteroatoms. The van der Waals surface area contributed by atoms with Gasteiger partial charge in [0, 0.05) is 18.2 Å². The maximum Gasteiger partial charge on any atom is 0.125 e. The maximum atomic E-state index is 13.0. The van der Waals surface area contributed by atoms with Gasteiger partial charge in [0.25, 0.3) is 0 Å². The number of halogens is 1. The van der Waals surface area contributed by atoms with E-state index in [2.05, 4.69) is 0 Å². The first-order valence-electron chi connectivity index (χ1n) is 4.90. The van der Waals surface area contributed by atoms with Crippen LogP contribution in [0.2, 0.25) is 0 Å². The number of rotatable bonds is 1. The smallest absolute Gasteiger partial charge is 0.125 e. The highest BCUT2D eigenvalue weighted by molar-refractivity contribution is 5.98. The molecule has 82 valence electrons. The third-order valence-electron chi connectivity index (χ3n) is 2.24. The molecule has 0 aliphatic carbocycles. The zero-order chi connectivity index (χ0) is 11.6. The van der Waals surface area contributed by atoms with Crippen molar-refractivity contribution in [2.24, 2.45) is 5.41 Å². The Bertz CT molecular complexity index is 366. The van der Waals surface area contributed by atoms with Gasteiger partial charge >= 0.3 is 0 Å². The van der Waals surface area contributed by atoms with E-state index in [-0.39, 0.29) is 11.2 Å². The highest BCUT2D eigenvalue weighted by Crippen LogP contribution is 2.22. The van der Waals surface area contributed by atoms with Crippen LogP contribution in [-0.2, 0) is 0 Å². The molecule has 0 radical (unpaired) electrons. The number of amidine groups is 1. The molecule has 1 N–H and O–H groups in total. The van der Waals surface area contributed by atoms with Crippen molar-refractivity contribution >= 4 is 11.5 Å². The van der Waals surface area contributed by atoms with Gasteiger partial charge in [-0.2, -0.15) is 0 Å². The predicted molar refractivity (Wildman–Crippen MR) is 62.0 cm³/mol. The largest absolute Gasteiger partial charge is 0.333 e. The van der Waals surface area contributed by atoms with Gasteiger partial charge in [-0.05, 0) is 18.2 Å². The summed E-state index contributed by atoms with van der Waals surface area (Å²) in [5.41, 5.74) is 0.469. The van der Waals surface area contributed by atoms with Gasteiger partial charge in [0.2, 0.25) is 0 Å². The van der Waals surface area contributed by atoms with Crippen LogP contribution in [0.25, 0.3) is 0 Å². The molecule has 1 aromatic rings. The Morgan fingerprint density at radius 1 is 1.33 bits per heavy atom. The number of hydrogen-bond acceptors (Lipinski definition) is 1. The fourth-order valence-corrected chi connectivity index (χ4v) is 1.32. The molecule has 1 rings (SSSR count). The van der Waals surface area contributed by atoms with Gasteiger partial charge < -0.3 is 4.90 Å². The standard InChI is InChI=1S/C12H17FN2/c1-12(2,3)11(14)15(4)10-7-5-6-9(13)8-10/h5-8,14H,1-4H3. The lowest BCUT2D eigenvalue weighted by Gasteiger charge is -2.29. The van der Waals surface area contributed by atoms with E-state index in [1.165, 1.54) is 12.1 Å². The van der Waals surface area contributed by atoms with Crippen molar-refractivity contribution in [1.29, 1.82) is 5.41 Å². The van der Waals surface area contributed by atoms with Crippen molar-refractivity contribution in [2.45, 2.75) is 20.8 Å². The topological polar surface area (TPSA) is 27.1 Å². The van der Waals surface area contributed by atoms with Crippen LogP contribution in [0, 0.1) is 16.6 Å². The molecule has 0 unspecified atom stereocenters. The molecule has 0 atom stereocenters. The van der Waals surface area contributed by atoms with Crippen LogP contribution in [0.4, 0.5) is 10.1 Å². The number of hydrogen-bond donors (Lipinski definition) is 1.